The van der Waals surface area contributed by atoms with Gasteiger partial charge in [0.2, 0.25) is 0 Å². The number of hydrogen-bond donors (Lipinski definition) is 1. The molecule has 0 spiro atoms. The summed E-state index contributed by atoms with van der Waals surface area (Å²) in [6.07, 6.45) is 0.891. The van der Waals surface area contributed by atoms with Crippen molar-refractivity contribution >= 4 is 17.4 Å². The Hall–Kier alpha value is -3.16. The van der Waals surface area contributed by atoms with Gasteiger partial charge in [0.05, 0.1) is 31.9 Å². The van der Waals surface area contributed by atoms with E-state index in [9.17, 15) is 14.7 Å². The van der Waals surface area contributed by atoms with E-state index in [1.807, 2.05) is 31.2 Å². The molecule has 7 nitrogen and oxygen atoms in total. The average molecular weight is 465 g/mol. The lowest BCUT2D eigenvalue weighted by molar-refractivity contribution is -0.140. The first-order valence-electron chi connectivity index (χ1n) is 11.8. The highest BCUT2D eigenvalue weighted by Crippen LogP contribution is 2.40. The van der Waals surface area contributed by atoms with Crippen LogP contribution in [0.5, 0.6) is 5.75 Å². The van der Waals surface area contributed by atoms with Crippen molar-refractivity contribution in [2.45, 2.75) is 26.3 Å². The van der Waals surface area contributed by atoms with E-state index in [1.54, 1.807) is 30.2 Å². The van der Waals surface area contributed by atoms with Crippen molar-refractivity contribution in [3.63, 3.8) is 0 Å². The summed E-state index contributed by atoms with van der Waals surface area (Å²) in [6, 6.07) is 12.5. The molecular formula is C27H32N2O5. The number of carbonyl (C=O) groups is 2. The normalized spacial score (nSPS) is 20.7. The van der Waals surface area contributed by atoms with Crippen LogP contribution in [0.15, 0.2) is 48.0 Å². The molecule has 1 N–H and O–H groups in total. The second kappa shape index (κ2) is 10.4. The summed E-state index contributed by atoms with van der Waals surface area (Å²) < 4.78 is 10.7. The van der Waals surface area contributed by atoms with E-state index in [0.717, 1.165) is 30.6 Å². The third-order valence-corrected chi connectivity index (χ3v) is 6.69. The van der Waals surface area contributed by atoms with Crippen molar-refractivity contribution in [2.75, 3.05) is 46.5 Å². The van der Waals surface area contributed by atoms with Crippen LogP contribution in [0.25, 0.3) is 5.76 Å². The average Bonchev–Trinajstić information content (AvgIpc) is 3.12. The van der Waals surface area contributed by atoms with Crippen molar-refractivity contribution in [3.8, 4) is 5.75 Å². The van der Waals surface area contributed by atoms with Crippen molar-refractivity contribution < 1.29 is 24.2 Å². The lowest BCUT2D eigenvalue weighted by Gasteiger charge is -2.31. The highest BCUT2D eigenvalue weighted by atomic mass is 16.5. The van der Waals surface area contributed by atoms with Crippen LogP contribution in [-0.4, -0.2) is 73.1 Å². The summed E-state index contributed by atoms with van der Waals surface area (Å²) in [4.78, 5) is 30.3. The van der Waals surface area contributed by atoms with E-state index in [2.05, 4.69) is 11.8 Å². The van der Waals surface area contributed by atoms with E-state index in [1.165, 1.54) is 5.56 Å². The molecular weight excluding hydrogens is 432 g/mol. The molecule has 2 aromatic rings. The minimum absolute atomic E-state index is 0.129. The molecule has 2 heterocycles. The number of aliphatic hydroxyl groups is 1. The number of nitrogens with zero attached hydrogens (tertiary/aromatic N) is 2. The van der Waals surface area contributed by atoms with E-state index < -0.39 is 17.7 Å². The SMILES string of the molecule is CCc1ccc([C@H]2/C(=C(\O)c3ccc(OC)cc3C)C(=O)C(=O)N2CCN2CCOCC2)cc1. The van der Waals surface area contributed by atoms with Crippen LogP contribution in [0.4, 0.5) is 0 Å². The van der Waals surface area contributed by atoms with Crippen molar-refractivity contribution in [1.29, 1.82) is 0 Å². The van der Waals surface area contributed by atoms with Gasteiger partial charge in [0.25, 0.3) is 11.7 Å². The number of amides is 1. The predicted octanol–water partition coefficient (Wildman–Crippen LogP) is 3.32. The molecule has 2 saturated heterocycles. The first-order valence-corrected chi connectivity index (χ1v) is 11.8. The number of methoxy groups -OCH3 is 1. The number of hydrogen-bond acceptors (Lipinski definition) is 6. The highest BCUT2D eigenvalue weighted by Gasteiger charge is 2.46. The lowest BCUT2D eigenvalue weighted by Crippen LogP contribution is -2.42. The molecule has 0 unspecified atom stereocenters. The number of ether oxygens (including phenoxy) is 2. The van der Waals surface area contributed by atoms with Gasteiger partial charge in [-0.15, -0.1) is 0 Å². The van der Waals surface area contributed by atoms with Crippen molar-refractivity contribution in [3.05, 3.63) is 70.3 Å². The molecule has 7 heteroatoms. The zero-order valence-electron chi connectivity index (χ0n) is 20.0. The Morgan fingerprint density at radius 2 is 1.79 bits per heavy atom. The fourth-order valence-electron chi connectivity index (χ4n) is 4.64. The Balaban J connectivity index is 1.75. The first-order chi connectivity index (χ1) is 16.4. The van der Waals surface area contributed by atoms with Gasteiger partial charge in [-0.1, -0.05) is 31.2 Å². The second-order valence-electron chi connectivity index (χ2n) is 8.72. The molecule has 180 valence electrons. The number of rotatable bonds is 7. The predicted molar refractivity (Wildman–Crippen MR) is 130 cm³/mol. The van der Waals surface area contributed by atoms with Crippen LogP contribution < -0.4 is 4.74 Å². The summed E-state index contributed by atoms with van der Waals surface area (Å²) in [5, 5.41) is 11.3. The Labute approximate surface area is 200 Å². The van der Waals surface area contributed by atoms with Gasteiger partial charge < -0.3 is 19.5 Å². The van der Waals surface area contributed by atoms with Crippen LogP contribution in [0.1, 0.15) is 35.2 Å². The maximum Gasteiger partial charge on any atom is 0.295 e. The minimum Gasteiger partial charge on any atom is -0.507 e. The van der Waals surface area contributed by atoms with Crippen molar-refractivity contribution in [1.82, 2.24) is 9.80 Å². The molecule has 0 aliphatic carbocycles. The van der Waals surface area contributed by atoms with Gasteiger partial charge in [0, 0.05) is 31.7 Å². The number of carbonyl (C=O) groups excluding carboxylic acids is 2. The van der Waals surface area contributed by atoms with Gasteiger partial charge in [-0.25, -0.2) is 0 Å². The lowest BCUT2D eigenvalue weighted by atomic mass is 9.93. The summed E-state index contributed by atoms with van der Waals surface area (Å²) in [5.74, 6) is -0.728. The molecule has 0 bridgehead atoms. The maximum atomic E-state index is 13.3. The molecule has 0 aromatic heterocycles. The fourth-order valence-corrected chi connectivity index (χ4v) is 4.64. The highest BCUT2D eigenvalue weighted by molar-refractivity contribution is 6.46. The topological polar surface area (TPSA) is 79.3 Å². The monoisotopic (exact) mass is 464 g/mol. The van der Waals surface area contributed by atoms with E-state index in [0.29, 0.717) is 37.6 Å². The standard InChI is InChI=1S/C27H32N2O5/c1-4-19-5-7-20(8-6-19)24-23(25(30)22-10-9-21(33-3)17-18(22)2)26(31)27(32)29(24)12-11-28-13-15-34-16-14-28/h5-10,17,24,30H,4,11-16H2,1-3H3/b25-23+/t24-/m0/s1. The zero-order valence-corrected chi connectivity index (χ0v) is 20.0. The molecule has 2 aliphatic rings. The Morgan fingerprint density at radius 3 is 2.41 bits per heavy atom. The summed E-state index contributed by atoms with van der Waals surface area (Å²) in [6.45, 7) is 7.88. The smallest absolute Gasteiger partial charge is 0.295 e. The number of aliphatic hydroxyl groups excluding tert-OH is 1. The van der Waals surface area contributed by atoms with Crippen LogP contribution in [0.3, 0.4) is 0 Å². The number of Topliss-reactive ketones (excluding diaryl/α,β-unsaturated/α-hetero) is 1. The van der Waals surface area contributed by atoms with E-state index in [4.69, 9.17) is 9.47 Å². The van der Waals surface area contributed by atoms with Gasteiger partial charge in [-0.2, -0.15) is 0 Å². The van der Waals surface area contributed by atoms with Gasteiger partial charge in [-0.05, 0) is 48.2 Å². The minimum atomic E-state index is -0.653. The van der Waals surface area contributed by atoms with Crippen LogP contribution in [0.2, 0.25) is 0 Å². The third kappa shape index (κ3) is 4.72. The van der Waals surface area contributed by atoms with Gasteiger partial charge >= 0.3 is 0 Å². The van der Waals surface area contributed by atoms with Crippen molar-refractivity contribution in [2.24, 2.45) is 0 Å². The molecule has 1 atom stereocenters. The van der Waals surface area contributed by atoms with Crippen LogP contribution in [-0.2, 0) is 20.7 Å². The van der Waals surface area contributed by atoms with Gasteiger partial charge in [0.15, 0.2) is 0 Å². The Bertz CT molecular complexity index is 1090. The number of aryl methyl sites for hydroxylation is 2. The number of ketones is 1. The quantitative estimate of drug-likeness (QED) is 0.385. The number of benzene rings is 2. The molecule has 0 radical (unpaired) electrons. The molecule has 4 rings (SSSR count). The van der Waals surface area contributed by atoms with E-state index in [-0.39, 0.29) is 11.3 Å². The molecule has 2 aromatic carbocycles. The summed E-state index contributed by atoms with van der Waals surface area (Å²) >= 11 is 0. The third-order valence-electron chi connectivity index (χ3n) is 6.69. The summed E-state index contributed by atoms with van der Waals surface area (Å²) in [5.41, 5.74) is 3.38. The summed E-state index contributed by atoms with van der Waals surface area (Å²) in [7, 11) is 1.58. The van der Waals surface area contributed by atoms with Crippen LogP contribution >= 0.6 is 0 Å². The molecule has 0 saturated carbocycles. The largest absolute Gasteiger partial charge is 0.507 e. The Kier molecular flexibility index (Phi) is 7.34. The van der Waals surface area contributed by atoms with Gasteiger partial charge in [0.1, 0.15) is 11.5 Å². The number of morpholine rings is 1. The zero-order chi connectivity index (χ0) is 24.2. The number of likely N-dealkylation sites (tertiary alicyclic amines) is 1. The molecule has 34 heavy (non-hydrogen) atoms. The second-order valence-corrected chi connectivity index (χ2v) is 8.72. The first kappa shape index (κ1) is 24.0. The fraction of sp³-hybridized carbons (Fsp3) is 0.407. The molecule has 2 fully saturated rings. The van der Waals surface area contributed by atoms with Crippen LogP contribution in [0, 0.1) is 6.92 Å². The molecule has 1 amide bonds. The molecule has 2 aliphatic heterocycles. The Morgan fingerprint density at radius 1 is 1.09 bits per heavy atom. The van der Waals surface area contributed by atoms with Gasteiger partial charge in [-0.3, -0.25) is 14.5 Å². The maximum absolute atomic E-state index is 13.3. The van der Waals surface area contributed by atoms with E-state index >= 15 is 0 Å².